The number of phenols is 1. The van der Waals surface area contributed by atoms with Gasteiger partial charge in [-0.05, 0) is 68.3 Å². The number of amides is 5. The number of carbonyl (C=O) groups excluding carboxylic acids is 6. The average Bonchev–Trinajstić information content (AvgIpc) is 3.30. The Hall–Kier alpha value is -4.64. The summed E-state index contributed by atoms with van der Waals surface area (Å²) in [5.74, 6) is -4.57. The number of aromatic hydroxyl groups is 1. The monoisotopic (exact) mass is 712 g/mol. The maximum absolute atomic E-state index is 13.6. The molecule has 0 bridgehead atoms. The minimum absolute atomic E-state index is 0. The zero-order valence-electron chi connectivity index (χ0n) is 27.7. The fourth-order valence-electron chi connectivity index (χ4n) is 5.71. The van der Waals surface area contributed by atoms with Crippen molar-refractivity contribution < 1.29 is 68.5 Å². The normalized spacial score (nSPS) is 19.8. The van der Waals surface area contributed by atoms with Gasteiger partial charge in [0.15, 0.2) is 0 Å². The second kappa shape index (κ2) is 15.1. The Kier molecular flexibility index (Phi) is 11.5. The van der Waals surface area contributed by atoms with Crippen LogP contribution in [0.2, 0.25) is 0 Å². The van der Waals surface area contributed by atoms with Crippen LogP contribution < -0.4 is 61.5 Å². The van der Waals surface area contributed by atoms with Gasteiger partial charge in [0.1, 0.15) is 34.8 Å². The van der Waals surface area contributed by atoms with E-state index in [2.05, 4.69) is 26.3 Å². The van der Waals surface area contributed by atoms with Gasteiger partial charge >= 0.3 is 29.6 Å². The number of β-lactam (4-membered cyclic amide) rings is 1. The third-order valence-electron chi connectivity index (χ3n) is 8.16. The molecule has 3 aromatic rings. The summed E-state index contributed by atoms with van der Waals surface area (Å²) < 4.78 is -0.873. The van der Waals surface area contributed by atoms with E-state index in [0.717, 1.165) is 0 Å². The number of carbonyl (C=O) groups is 6. The summed E-state index contributed by atoms with van der Waals surface area (Å²) in [5, 5.41) is 31.2. The van der Waals surface area contributed by atoms with E-state index in [1.807, 2.05) is 0 Å². The molecule has 2 aliphatic heterocycles. The molecule has 256 valence electrons. The Bertz CT molecular complexity index is 1900. The second-order valence-electron chi connectivity index (χ2n) is 12.2. The molecule has 0 saturated carbocycles. The van der Waals surface area contributed by atoms with Crippen LogP contribution in [0.15, 0.2) is 65.5 Å². The van der Waals surface area contributed by atoms with Crippen molar-refractivity contribution in [3.63, 3.8) is 0 Å². The van der Waals surface area contributed by atoms with Gasteiger partial charge in [0, 0.05) is 23.1 Å². The molecule has 1 aromatic heterocycles. The van der Waals surface area contributed by atoms with Crippen LogP contribution >= 0.6 is 11.8 Å². The Morgan fingerprint density at radius 2 is 1.58 bits per heavy atom. The number of anilines is 1. The number of hydrogen-bond donors (Lipinski definition) is 6. The van der Waals surface area contributed by atoms with E-state index < -0.39 is 69.4 Å². The SMILES string of the molecule is CC(=O)NC(C)C(=O)Nc1ccc(-c2ccc(C(=O)NC(C(=O)N[C@@H]3C(=O)N4[C@@H]3SC(C)(C)[C@@H]4C(=O)[O-])c3ccc(O)cc3)c(=O)[nH]2)cc1.[Na+]. The Balaban J connectivity index is 0.00000562. The van der Waals surface area contributed by atoms with Crippen molar-refractivity contribution in [1.82, 2.24) is 25.8 Å². The smallest absolute Gasteiger partial charge is 0.548 e. The zero-order valence-corrected chi connectivity index (χ0v) is 30.5. The van der Waals surface area contributed by atoms with Crippen LogP contribution in [-0.4, -0.2) is 78.7 Å². The van der Waals surface area contributed by atoms with Gasteiger partial charge in [-0.25, -0.2) is 0 Å². The first-order valence-corrected chi connectivity index (χ1v) is 16.0. The topological polar surface area (TPSA) is 230 Å². The van der Waals surface area contributed by atoms with Crippen molar-refractivity contribution in [2.24, 2.45) is 0 Å². The van der Waals surface area contributed by atoms with E-state index in [1.54, 1.807) is 45.0 Å². The summed E-state index contributed by atoms with van der Waals surface area (Å²) in [6.07, 6.45) is 0. The van der Waals surface area contributed by atoms with Gasteiger partial charge in [0.05, 0.1) is 12.0 Å². The summed E-state index contributed by atoms with van der Waals surface area (Å²) >= 11 is 1.21. The Morgan fingerprint density at radius 3 is 2.16 bits per heavy atom. The van der Waals surface area contributed by atoms with Crippen LogP contribution in [0.5, 0.6) is 5.75 Å². The van der Waals surface area contributed by atoms with Crippen LogP contribution in [0.3, 0.4) is 0 Å². The number of benzene rings is 2. The number of fused-ring (bicyclic) bond motifs is 1. The zero-order chi connectivity index (χ0) is 35.8. The standard InChI is InChI=1S/C33H34N6O9S.Na/c1-15(34-16(2)40)26(42)35-19-9-5-17(6-10-19)22-14-13-21(27(43)36-22)28(44)37-23(18-7-11-20(41)12-8-18)29(45)38-24-30(46)39-25(32(47)48)33(3,4)49-31(24)39;/h5-15,23-25,31,41H,1-4H3,(H,34,40)(H,35,42)(H,36,43)(H,37,44)(H,38,45)(H,47,48);/q;+1/p-1/t15?,23?,24-,25+,31-;/m1./s1. The Morgan fingerprint density at radius 1 is 0.940 bits per heavy atom. The summed E-state index contributed by atoms with van der Waals surface area (Å²) in [4.78, 5) is 92.0. The van der Waals surface area contributed by atoms with Crippen LogP contribution in [0, 0.1) is 0 Å². The molecule has 17 heteroatoms. The van der Waals surface area contributed by atoms with Crippen molar-refractivity contribution in [3.8, 4) is 17.0 Å². The number of aliphatic carboxylic acids is 1. The number of nitrogens with one attached hydrogen (secondary N) is 5. The molecule has 0 spiro atoms. The van der Waals surface area contributed by atoms with Crippen molar-refractivity contribution in [1.29, 1.82) is 0 Å². The molecule has 2 unspecified atom stereocenters. The van der Waals surface area contributed by atoms with Crippen LogP contribution in [0.1, 0.15) is 49.7 Å². The molecule has 2 saturated heterocycles. The third kappa shape index (κ3) is 7.88. The minimum Gasteiger partial charge on any atom is -0.548 e. The number of pyridine rings is 1. The first-order valence-electron chi connectivity index (χ1n) is 15.1. The van der Waals surface area contributed by atoms with Gasteiger partial charge in [0.2, 0.25) is 23.6 Å². The summed E-state index contributed by atoms with van der Waals surface area (Å²) in [6.45, 7) is 6.18. The van der Waals surface area contributed by atoms with E-state index in [1.165, 1.54) is 60.0 Å². The van der Waals surface area contributed by atoms with E-state index in [4.69, 9.17) is 0 Å². The fourth-order valence-corrected chi connectivity index (χ4v) is 7.33. The number of carboxylic acid groups (broad SMARTS) is 1. The maximum Gasteiger partial charge on any atom is 1.00 e. The van der Waals surface area contributed by atoms with E-state index in [-0.39, 0.29) is 52.3 Å². The van der Waals surface area contributed by atoms with Crippen molar-refractivity contribution in [2.45, 2.75) is 62.0 Å². The predicted molar refractivity (Wildman–Crippen MR) is 176 cm³/mol. The van der Waals surface area contributed by atoms with Gasteiger partial charge in [0.25, 0.3) is 11.5 Å². The quantitative estimate of drug-likeness (QED) is 0.0921. The number of aromatic amines is 1. The number of H-pyrrole nitrogens is 1. The molecule has 5 atom stereocenters. The number of aromatic nitrogens is 1. The molecule has 15 nitrogen and oxygen atoms in total. The first-order chi connectivity index (χ1) is 23.1. The summed E-state index contributed by atoms with van der Waals surface area (Å²) in [5.41, 5.74) is 0.542. The van der Waals surface area contributed by atoms with Crippen LogP contribution in [0.4, 0.5) is 5.69 Å². The van der Waals surface area contributed by atoms with E-state index in [9.17, 15) is 43.8 Å². The number of carboxylic acids is 1. The molecule has 2 aromatic carbocycles. The fraction of sp³-hybridized carbons (Fsp3) is 0.303. The number of phenolic OH excluding ortho intramolecular Hbond substituents is 1. The van der Waals surface area contributed by atoms with E-state index >= 15 is 0 Å². The third-order valence-corrected chi connectivity index (χ3v) is 9.73. The molecule has 3 heterocycles. The maximum atomic E-state index is 13.6. The molecule has 6 N–H and O–H groups in total. The average molecular weight is 713 g/mol. The van der Waals surface area contributed by atoms with Gasteiger partial charge in [-0.1, -0.05) is 24.3 Å². The largest absolute Gasteiger partial charge is 1.00 e. The molecule has 0 radical (unpaired) electrons. The minimum atomic E-state index is -1.40. The summed E-state index contributed by atoms with van der Waals surface area (Å²) in [6, 6.07) is 10.2. The number of rotatable bonds is 10. The predicted octanol–water partition coefficient (Wildman–Crippen LogP) is -3.02. The number of hydrogen-bond acceptors (Lipinski definition) is 10. The molecule has 5 rings (SSSR count). The number of nitrogens with zero attached hydrogens (tertiary/aromatic N) is 1. The van der Waals surface area contributed by atoms with Gasteiger partial charge in [-0.2, -0.15) is 0 Å². The Labute approximate surface area is 312 Å². The number of thioether (sulfide) groups is 1. The van der Waals surface area contributed by atoms with Gasteiger partial charge < -0.3 is 46.2 Å². The van der Waals surface area contributed by atoms with Gasteiger partial charge in [-0.15, -0.1) is 11.8 Å². The van der Waals surface area contributed by atoms with Crippen molar-refractivity contribution in [2.75, 3.05) is 5.32 Å². The molecular formula is C33H33N6NaO9S. The second-order valence-corrected chi connectivity index (χ2v) is 13.9. The van der Waals surface area contributed by atoms with Crippen LogP contribution in [0.25, 0.3) is 11.3 Å². The van der Waals surface area contributed by atoms with Gasteiger partial charge in [-0.3, -0.25) is 28.8 Å². The molecule has 50 heavy (non-hydrogen) atoms. The van der Waals surface area contributed by atoms with Crippen molar-refractivity contribution in [3.05, 3.63) is 82.1 Å². The molecular weight excluding hydrogens is 679 g/mol. The molecule has 2 fully saturated rings. The van der Waals surface area contributed by atoms with Crippen LogP contribution in [-0.2, 0) is 24.0 Å². The van der Waals surface area contributed by atoms with Crippen molar-refractivity contribution >= 4 is 53.0 Å². The molecule has 0 aliphatic carbocycles. The van der Waals surface area contributed by atoms with E-state index in [0.29, 0.717) is 16.9 Å². The molecule has 5 amide bonds. The molecule has 2 aliphatic rings. The summed E-state index contributed by atoms with van der Waals surface area (Å²) in [7, 11) is 0. The first kappa shape index (κ1) is 38.2.